The van der Waals surface area contributed by atoms with Gasteiger partial charge in [0, 0.05) is 10.5 Å². The van der Waals surface area contributed by atoms with Gasteiger partial charge in [-0.05, 0) is 61.1 Å². The van der Waals surface area contributed by atoms with Gasteiger partial charge in [0.15, 0.2) is 0 Å². The molecular formula is C16H25BrN2. The van der Waals surface area contributed by atoms with E-state index in [1.807, 2.05) is 0 Å². The molecule has 0 amide bonds. The van der Waals surface area contributed by atoms with E-state index in [1.165, 1.54) is 34.9 Å². The minimum Gasteiger partial charge on any atom is -0.271 e. The molecule has 0 aliphatic heterocycles. The molecule has 0 saturated heterocycles. The molecule has 0 heterocycles. The molecule has 2 nitrogen and oxygen atoms in total. The Morgan fingerprint density at radius 1 is 1.21 bits per heavy atom. The highest BCUT2D eigenvalue weighted by Crippen LogP contribution is 2.41. The Hall–Kier alpha value is -0.380. The van der Waals surface area contributed by atoms with Gasteiger partial charge in [-0.15, -0.1) is 0 Å². The van der Waals surface area contributed by atoms with E-state index in [0.717, 1.165) is 11.8 Å². The molecule has 106 valence electrons. The summed E-state index contributed by atoms with van der Waals surface area (Å²) >= 11 is 3.69. The van der Waals surface area contributed by atoms with Crippen LogP contribution in [0, 0.1) is 24.7 Å². The highest BCUT2D eigenvalue weighted by molar-refractivity contribution is 9.10. The Morgan fingerprint density at radius 2 is 1.84 bits per heavy atom. The van der Waals surface area contributed by atoms with Gasteiger partial charge in [-0.1, -0.05) is 41.9 Å². The molecule has 2 rings (SSSR count). The van der Waals surface area contributed by atoms with Crippen LogP contribution in [0.5, 0.6) is 0 Å². The number of halogens is 1. The molecule has 0 radical (unpaired) electrons. The molecule has 1 saturated carbocycles. The van der Waals surface area contributed by atoms with Crippen LogP contribution >= 0.6 is 15.9 Å². The molecule has 3 heteroatoms. The first-order valence-corrected chi connectivity index (χ1v) is 8.02. The van der Waals surface area contributed by atoms with Gasteiger partial charge in [0.25, 0.3) is 0 Å². The van der Waals surface area contributed by atoms with Gasteiger partial charge in [-0.25, -0.2) is 0 Å². The lowest BCUT2D eigenvalue weighted by molar-refractivity contribution is 0.176. The van der Waals surface area contributed by atoms with E-state index < -0.39 is 0 Å². The quantitative estimate of drug-likeness (QED) is 0.641. The Balaban J connectivity index is 2.23. The molecule has 0 bridgehead atoms. The van der Waals surface area contributed by atoms with Crippen molar-refractivity contribution in [3.8, 4) is 0 Å². The summed E-state index contributed by atoms with van der Waals surface area (Å²) in [5.41, 5.74) is 5.63. The zero-order valence-electron chi connectivity index (χ0n) is 12.1. The number of benzene rings is 1. The average molecular weight is 325 g/mol. The van der Waals surface area contributed by atoms with Gasteiger partial charge >= 0.3 is 0 Å². The van der Waals surface area contributed by atoms with Gasteiger partial charge in [0.05, 0.1) is 0 Å². The van der Waals surface area contributed by atoms with Crippen molar-refractivity contribution < 1.29 is 0 Å². The van der Waals surface area contributed by atoms with Crippen molar-refractivity contribution in [3.05, 3.63) is 33.8 Å². The molecule has 3 N–H and O–H groups in total. The van der Waals surface area contributed by atoms with E-state index in [0.29, 0.717) is 5.92 Å². The fourth-order valence-corrected chi connectivity index (χ4v) is 4.39. The summed E-state index contributed by atoms with van der Waals surface area (Å²) < 4.78 is 1.17. The zero-order valence-corrected chi connectivity index (χ0v) is 13.7. The lowest BCUT2D eigenvalue weighted by Gasteiger charge is -2.36. The molecule has 0 aromatic heterocycles. The molecule has 19 heavy (non-hydrogen) atoms. The third-order valence-corrected chi connectivity index (χ3v) is 5.04. The SMILES string of the molecule is Cc1ccc(C(NN)C2CC(C)CC(C)C2)c(Br)c1. The van der Waals surface area contributed by atoms with Crippen molar-refractivity contribution in [3.63, 3.8) is 0 Å². The summed E-state index contributed by atoms with van der Waals surface area (Å²) in [5, 5.41) is 0. The molecule has 1 fully saturated rings. The maximum atomic E-state index is 5.86. The molecule has 1 aromatic rings. The number of nitrogens with one attached hydrogen (secondary N) is 1. The lowest BCUT2D eigenvalue weighted by atomic mass is 9.72. The van der Waals surface area contributed by atoms with Crippen molar-refractivity contribution in [2.45, 2.75) is 46.1 Å². The maximum Gasteiger partial charge on any atom is 0.0499 e. The number of hydrazine groups is 1. The molecule has 3 atom stereocenters. The Morgan fingerprint density at radius 3 is 2.37 bits per heavy atom. The van der Waals surface area contributed by atoms with E-state index in [1.54, 1.807) is 0 Å². The van der Waals surface area contributed by atoms with Gasteiger partial charge in [0.1, 0.15) is 0 Å². The lowest BCUT2D eigenvalue weighted by Crippen LogP contribution is -2.37. The fourth-order valence-electron chi connectivity index (χ4n) is 3.65. The van der Waals surface area contributed by atoms with Crippen LogP contribution in [-0.2, 0) is 0 Å². The van der Waals surface area contributed by atoms with Crippen molar-refractivity contribution in [1.29, 1.82) is 0 Å². The van der Waals surface area contributed by atoms with E-state index in [2.05, 4.69) is 60.3 Å². The van der Waals surface area contributed by atoms with Crippen LogP contribution in [0.4, 0.5) is 0 Å². The number of aryl methyl sites for hydroxylation is 1. The average Bonchev–Trinajstić information content (AvgIpc) is 2.31. The monoisotopic (exact) mass is 324 g/mol. The van der Waals surface area contributed by atoms with Crippen LogP contribution in [0.15, 0.2) is 22.7 Å². The Kier molecular flexibility index (Phi) is 5.04. The summed E-state index contributed by atoms with van der Waals surface area (Å²) in [6, 6.07) is 6.80. The normalized spacial score (nSPS) is 29.2. The topological polar surface area (TPSA) is 38.0 Å². The molecule has 1 aromatic carbocycles. The second-order valence-corrected chi connectivity index (χ2v) is 7.20. The van der Waals surface area contributed by atoms with Crippen molar-refractivity contribution >= 4 is 15.9 Å². The molecule has 3 unspecified atom stereocenters. The van der Waals surface area contributed by atoms with Gasteiger partial charge < -0.3 is 0 Å². The van der Waals surface area contributed by atoms with Gasteiger partial charge in [-0.2, -0.15) is 0 Å². The first-order chi connectivity index (χ1) is 9.01. The molecule has 1 aliphatic carbocycles. The molecular weight excluding hydrogens is 300 g/mol. The number of hydrogen-bond acceptors (Lipinski definition) is 2. The number of nitrogens with two attached hydrogens (primary N) is 1. The van der Waals surface area contributed by atoms with Crippen molar-refractivity contribution in [2.75, 3.05) is 0 Å². The molecule has 0 spiro atoms. The highest BCUT2D eigenvalue weighted by atomic mass is 79.9. The largest absolute Gasteiger partial charge is 0.271 e. The number of rotatable bonds is 3. The maximum absolute atomic E-state index is 5.86. The first kappa shape index (κ1) is 15.0. The Bertz CT molecular complexity index is 423. The van der Waals surface area contributed by atoms with E-state index in [4.69, 9.17) is 5.84 Å². The van der Waals surface area contributed by atoms with Crippen LogP contribution in [0.25, 0.3) is 0 Å². The third-order valence-electron chi connectivity index (χ3n) is 4.36. The molecule has 1 aliphatic rings. The zero-order chi connectivity index (χ0) is 14.0. The van der Waals surface area contributed by atoms with Crippen molar-refractivity contribution in [1.82, 2.24) is 5.43 Å². The van der Waals surface area contributed by atoms with Crippen LogP contribution in [0.1, 0.15) is 50.3 Å². The van der Waals surface area contributed by atoms with E-state index in [9.17, 15) is 0 Å². The predicted octanol–water partition coefficient (Wildman–Crippen LogP) is 4.33. The summed E-state index contributed by atoms with van der Waals surface area (Å²) in [7, 11) is 0. The third kappa shape index (κ3) is 3.59. The van der Waals surface area contributed by atoms with Crippen LogP contribution < -0.4 is 11.3 Å². The smallest absolute Gasteiger partial charge is 0.0499 e. The fraction of sp³-hybridized carbons (Fsp3) is 0.625. The highest BCUT2D eigenvalue weighted by Gasteiger charge is 2.31. The minimum atomic E-state index is 0.250. The van der Waals surface area contributed by atoms with E-state index >= 15 is 0 Å². The number of hydrogen-bond donors (Lipinski definition) is 2. The summed E-state index contributed by atoms with van der Waals surface area (Å²) in [5.74, 6) is 8.09. The van der Waals surface area contributed by atoms with Crippen molar-refractivity contribution in [2.24, 2.45) is 23.6 Å². The predicted molar refractivity (Wildman–Crippen MR) is 84.6 cm³/mol. The van der Waals surface area contributed by atoms with Crippen LogP contribution in [0.2, 0.25) is 0 Å². The van der Waals surface area contributed by atoms with Crippen LogP contribution in [-0.4, -0.2) is 0 Å². The summed E-state index contributed by atoms with van der Waals surface area (Å²) in [4.78, 5) is 0. The summed E-state index contributed by atoms with van der Waals surface area (Å²) in [6.07, 6.45) is 3.88. The standard InChI is InChI=1S/C16H25BrN2/c1-10-4-5-14(15(17)9-10)16(19-18)13-7-11(2)6-12(3)8-13/h4-5,9,11-13,16,19H,6-8,18H2,1-3H3. The minimum absolute atomic E-state index is 0.250. The van der Waals surface area contributed by atoms with Crippen LogP contribution in [0.3, 0.4) is 0 Å². The van der Waals surface area contributed by atoms with E-state index in [-0.39, 0.29) is 6.04 Å². The first-order valence-electron chi connectivity index (χ1n) is 7.23. The van der Waals surface area contributed by atoms with Gasteiger partial charge in [-0.3, -0.25) is 11.3 Å². The Labute approximate surface area is 125 Å². The second-order valence-electron chi connectivity index (χ2n) is 6.35. The summed E-state index contributed by atoms with van der Waals surface area (Å²) in [6.45, 7) is 6.84. The van der Waals surface area contributed by atoms with Gasteiger partial charge in [0.2, 0.25) is 0 Å². The second kappa shape index (κ2) is 6.38.